The van der Waals surface area contributed by atoms with Crippen LogP contribution >= 0.6 is 12.2 Å². The zero-order valence-corrected chi connectivity index (χ0v) is 10.5. The van der Waals surface area contributed by atoms with E-state index in [9.17, 15) is 4.79 Å². The van der Waals surface area contributed by atoms with Gasteiger partial charge in [0, 0.05) is 32.1 Å². The zero-order chi connectivity index (χ0) is 11.7. The second kappa shape index (κ2) is 4.67. The molecule has 2 rings (SSSR count). The third kappa shape index (κ3) is 2.06. The van der Waals surface area contributed by atoms with Gasteiger partial charge in [-0.3, -0.25) is 9.69 Å². The Hall–Kier alpha value is -0.680. The third-order valence-corrected chi connectivity index (χ3v) is 3.95. The van der Waals surface area contributed by atoms with Crippen LogP contribution in [0.5, 0.6) is 0 Å². The van der Waals surface area contributed by atoms with E-state index in [-0.39, 0.29) is 6.04 Å². The summed E-state index contributed by atoms with van der Waals surface area (Å²) in [6.45, 7) is 4.78. The van der Waals surface area contributed by atoms with Gasteiger partial charge in [0.15, 0.2) is 0 Å². The first-order chi connectivity index (χ1) is 7.63. The molecule has 2 N–H and O–H groups in total. The fraction of sp³-hybridized carbons (Fsp3) is 0.818. The molecule has 2 heterocycles. The van der Waals surface area contributed by atoms with Crippen LogP contribution in [0.15, 0.2) is 0 Å². The van der Waals surface area contributed by atoms with Crippen molar-refractivity contribution in [1.29, 1.82) is 0 Å². The molecular weight excluding hydrogens is 222 g/mol. The standard InChI is InChI=1S/C11H19N3OS/c1-2-9(11(12)16)13-5-6-14-8(7-13)3-4-10(14)15/h8-9H,2-7H2,1H3,(H2,12,16). The molecule has 16 heavy (non-hydrogen) atoms. The minimum Gasteiger partial charge on any atom is -0.392 e. The molecule has 2 unspecified atom stereocenters. The van der Waals surface area contributed by atoms with Crippen LogP contribution in [-0.4, -0.2) is 52.4 Å². The largest absolute Gasteiger partial charge is 0.392 e. The highest BCUT2D eigenvalue weighted by Crippen LogP contribution is 2.24. The van der Waals surface area contributed by atoms with E-state index in [1.165, 1.54) is 0 Å². The molecule has 0 aliphatic carbocycles. The molecule has 5 heteroatoms. The van der Waals surface area contributed by atoms with Crippen LogP contribution in [0.2, 0.25) is 0 Å². The van der Waals surface area contributed by atoms with Crippen molar-refractivity contribution in [2.75, 3.05) is 19.6 Å². The SMILES string of the molecule is CCC(C(N)=S)N1CCN2C(=O)CCC2C1. The van der Waals surface area contributed by atoms with Crippen molar-refractivity contribution in [2.24, 2.45) is 5.73 Å². The number of amides is 1. The number of piperazine rings is 1. The fourth-order valence-corrected chi connectivity index (χ4v) is 3.13. The number of carbonyl (C=O) groups is 1. The highest BCUT2D eigenvalue weighted by atomic mass is 32.1. The molecule has 0 aromatic heterocycles. The number of thiocarbonyl (C=S) groups is 1. The van der Waals surface area contributed by atoms with Gasteiger partial charge in [0.05, 0.1) is 11.0 Å². The van der Waals surface area contributed by atoms with Crippen molar-refractivity contribution in [3.63, 3.8) is 0 Å². The van der Waals surface area contributed by atoms with Gasteiger partial charge in [-0.2, -0.15) is 0 Å². The molecule has 0 aromatic carbocycles. The molecule has 2 atom stereocenters. The summed E-state index contributed by atoms with van der Waals surface area (Å²) in [5.41, 5.74) is 5.75. The lowest BCUT2D eigenvalue weighted by atomic mass is 10.1. The summed E-state index contributed by atoms with van der Waals surface area (Å²) in [6, 6.07) is 0.595. The normalized spacial score (nSPS) is 27.9. The quantitative estimate of drug-likeness (QED) is 0.725. The first-order valence-corrected chi connectivity index (χ1v) is 6.37. The molecule has 0 aromatic rings. The average Bonchev–Trinajstić information content (AvgIpc) is 2.61. The summed E-state index contributed by atoms with van der Waals surface area (Å²) < 4.78 is 0. The topological polar surface area (TPSA) is 49.6 Å². The van der Waals surface area contributed by atoms with Crippen LogP contribution in [0, 0.1) is 0 Å². The van der Waals surface area contributed by atoms with Gasteiger partial charge in [0.2, 0.25) is 5.91 Å². The number of fused-ring (bicyclic) bond motifs is 1. The summed E-state index contributed by atoms with van der Waals surface area (Å²) >= 11 is 5.10. The van der Waals surface area contributed by atoms with E-state index in [0.717, 1.165) is 32.5 Å². The smallest absolute Gasteiger partial charge is 0.222 e. The van der Waals surface area contributed by atoms with Crippen LogP contribution in [0.3, 0.4) is 0 Å². The number of carbonyl (C=O) groups excluding carboxylic acids is 1. The highest BCUT2D eigenvalue weighted by molar-refractivity contribution is 7.80. The Labute approximate surface area is 102 Å². The first kappa shape index (κ1) is 11.8. The second-order valence-corrected chi connectivity index (χ2v) is 5.07. The zero-order valence-electron chi connectivity index (χ0n) is 9.69. The Balaban J connectivity index is 2.01. The van der Waals surface area contributed by atoms with Crippen molar-refractivity contribution in [1.82, 2.24) is 9.80 Å². The minimum atomic E-state index is 0.202. The maximum Gasteiger partial charge on any atom is 0.222 e. The molecule has 2 aliphatic rings. The van der Waals surface area contributed by atoms with Crippen molar-refractivity contribution < 1.29 is 4.79 Å². The molecule has 2 fully saturated rings. The molecule has 4 nitrogen and oxygen atoms in total. The van der Waals surface area contributed by atoms with Crippen LogP contribution in [-0.2, 0) is 4.79 Å². The van der Waals surface area contributed by atoms with Gasteiger partial charge in [0.25, 0.3) is 0 Å². The van der Waals surface area contributed by atoms with E-state index in [4.69, 9.17) is 18.0 Å². The van der Waals surface area contributed by atoms with E-state index in [1.54, 1.807) is 0 Å². The lowest BCUT2D eigenvalue weighted by Crippen LogP contribution is -2.56. The van der Waals surface area contributed by atoms with Crippen LogP contribution in [0.25, 0.3) is 0 Å². The highest BCUT2D eigenvalue weighted by Gasteiger charge is 2.37. The molecule has 0 radical (unpaired) electrons. The van der Waals surface area contributed by atoms with Gasteiger partial charge in [-0.25, -0.2) is 0 Å². The lowest BCUT2D eigenvalue weighted by Gasteiger charge is -2.41. The molecule has 2 aliphatic heterocycles. The number of hydrogen-bond acceptors (Lipinski definition) is 3. The molecule has 1 amide bonds. The Morgan fingerprint density at radius 2 is 2.38 bits per heavy atom. The monoisotopic (exact) mass is 241 g/mol. The van der Waals surface area contributed by atoms with Gasteiger partial charge < -0.3 is 10.6 Å². The Kier molecular flexibility index (Phi) is 3.44. The Morgan fingerprint density at radius 1 is 1.62 bits per heavy atom. The molecule has 0 bridgehead atoms. The Morgan fingerprint density at radius 3 is 3.00 bits per heavy atom. The van der Waals surface area contributed by atoms with Crippen molar-refractivity contribution >= 4 is 23.1 Å². The van der Waals surface area contributed by atoms with Gasteiger partial charge in [0.1, 0.15) is 0 Å². The maximum absolute atomic E-state index is 11.5. The lowest BCUT2D eigenvalue weighted by molar-refractivity contribution is -0.130. The molecule has 2 saturated heterocycles. The van der Waals surface area contributed by atoms with Gasteiger partial charge >= 0.3 is 0 Å². The van der Waals surface area contributed by atoms with Crippen molar-refractivity contribution in [3.05, 3.63) is 0 Å². The first-order valence-electron chi connectivity index (χ1n) is 5.96. The molecule has 0 saturated carbocycles. The van der Waals surface area contributed by atoms with Crippen LogP contribution in [0.4, 0.5) is 0 Å². The van der Waals surface area contributed by atoms with Crippen molar-refractivity contribution in [2.45, 2.75) is 38.3 Å². The van der Waals surface area contributed by atoms with E-state index < -0.39 is 0 Å². The third-order valence-electron chi connectivity index (χ3n) is 3.68. The van der Waals surface area contributed by atoms with Crippen molar-refractivity contribution in [3.8, 4) is 0 Å². The van der Waals surface area contributed by atoms with Gasteiger partial charge in [-0.05, 0) is 12.8 Å². The number of nitrogens with zero attached hydrogens (tertiary/aromatic N) is 2. The van der Waals surface area contributed by atoms with Crippen LogP contribution in [0.1, 0.15) is 26.2 Å². The number of hydrogen-bond donors (Lipinski definition) is 1. The van der Waals surface area contributed by atoms with E-state index in [1.807, 2.05) is 4.90 Å². The van der Waals surface area contributed by atoms with E-state index in [2.05, 4.69) is 11.8 Å². The number of nitrogens with two attached hydrogens (primary N) is 1. The summed E-state index contributed by atoms with van der Waals surface area (Å²) in [5, 5.41) is 0. The number of rotatable bonds is 3. The summed E-state index contributed by atoms with van der Waals surface area (Å²) in [4.78, 5) is 16.5. The molecule has 0 spiro atoms. The summed E-state index contributed by atoms with van der Waals surface area (Å²) in [7, 11) is 0. The van der Waals surface area contributed by atoms with Gasteiger partial charge in [-0.1, -0.05) is 19.1 Å². The summed E-state index contributed by atoms with van der Waals surface area (Å²) in [5.74, 6) is 0.313. The van der Waals surface area contributed by atoms with Crippen LogP contribution < -0.4 is 5.73 Å². The van der Waals surface area contributed by atoms with E-state index >= 15 is 0 Å². The molecular formula is C11H19N3OS. The predicted molar refractivity (Wildman–Crippen MR) is 67.2 cm³/mol. The van der Waals surface area contributed by atoms with Gasteiger partial charge in [-0.15, -0.1) is 0 Å². The summed E-state index contributed by atoms with van der Waals surface area (Å²) in [6.07, 6.45) is 2.65. The fourth-order valence-electron chi connectivity index (χ4n) is 2.81. The molecule has 90 valence electrons. The maximum atomic E-state index is 11.5. The Bertz CT molecular complexity index is 308. The predicted octanol–water partition coefficient (Wildman–Crippen LogP) is 0.358. The minimum absolute atomic E-state index is 0.202. The average molecular weight is 241 g/mol. The second-order valence-electron chi connectivity index (χ2n) is 4.60. The van der Waals surface area contributed by atoms with E-state index in [0.29, 0.717) is 23.4 Å².